The second-order valence-corrected chi connectivity index (χ2v) is 3.12. The van der Waals surface area contributed by atoms with Gasteiger partial charge in [-0.1, -0.05) is 6.92 Å². The fourth-order valence-corrected chi connectivity index (χ4v) is 0.915. The van der Waals surface area contributed by atoms with Crippen LogP contribution in [0.4, 0.5) is 0 Å². The maximum atomic E-state index is 9.94. The smallest absolute Gasteiger partial charge is 0.294 e. The summed E-state index contributed by atoms with van der Waals surface area (Å²) in [6, 6.07) is 0. The van der Waals surface area contributed by atoms with E-state index < -0.39 is 5.09 Å². The van der Waals surface area contributed by atoms with E-state index in [9.17, 15) is 10.1 Å². The summed E-state index contributed by atoms with van der Waals surface area (Å²) in [6.07, 6.45) is -0.383. The zero-order valence-corrected chi connectivity index (χ0v) is 6.57. The molecular weight excluding hydrogens is 150 g/mol. The van der Waals surface area contributed by atoms with Crippen LogP contribution in [0.5, 0.6) is 0 Å². The monoisotopic (exact) mass is 161 g/mol. The highest BCUT2D eigenvalue weighted by Crippen LogP contribution is 2.32. The number of nitrogens with zero attached hydrogens (tertiary/aromatic N) is 1. The molecule has 1 fully saturated rings. The average molecular weight is 161 g/mol. The SMILES string of the molecule is CC(O[N+](=O)[O-])C1(C)COC1. The van der Waals surface area contributed by atoms with Crippen molar-refractivity contribution in [3.63, 3.8) is 0 Å². The standard InChI is InChI=1S/C6H11NO4/c1-5(11-7(8)9)6(2)3-10-4-6/h5H,3-4H2,1-2H3. The van der Waals surface area contributed by atoms with E-state index in [0.29, 0.717) is 13.2 Å². The number of rotatable bonds is 3. The molecule has 1 aliphatic rings. The molecule has 11 heavy (non-hydrogen) atoms. The van der Waals surface area contributed by atoms with Crippen molar-refractivity contribution in [2.24, 2.45) is 5.41 Å². The van der Waals surface area contributed by atoms with Crippen LogP contribution in [-0.4, -0.2) is 24.4 Å². The van der Waals surface area contributed by atoms with Gasteiger partial charge in [0.05, 0.1) is 13.2 Å². The van der Waals surface area contributed by atoms with Crippen molar-refractivity contribution in [3.05, 3.63) is 10.1 Å². The van der Waals surface area contributed by atoms with Crippen LogP contribution in [0.3, 0.4) is 0 Å². The van der Waals surface area contributed by atoms with Gasteiger partial charge in [0.15, 0.2) is 0 Å². The van der Waals surface area contributed by atoms with Crippen molar-refractivity contribution in [2.45, 2.75) is 20.0 Å². The van der Waals surface area contributed by atoms with Crippen molar-refractivity contribution < 1.29 is 14.7 Å². The molecule has 0 aromatic rings. The van der Waals surface area contributed by atoms with Gasteiger partial charge in [-0.3, -0.25) is 0 Å². The van der Waals surface area contributed by atoms with Crippen LogP contribution in [-0.2, 0) is 9.57 Å². The minimum atomic E-state index is -0.756. The molecule has 1 aliphatic heterocycles. The molecule has 0 saturated carbocycles. The largest absolute Gasteiger partial charge is 0.380 e. The third-order valence-electron chi connectivity index (χ3n) is 2.09. The van der Waals surface area contributed by atoms with Gasteiger partial charge in [0.25, 0.3) is 5.09 Å². The molecular formula is C6H11NO4. The van der Waals surface area contributed by atoms with Gasteiger partial charge in [-0.25, -0.2) is 0 Å². The molecule has 1 unspecified atom stereocenters. The first kappa shape index (κ1) is 8.26. The number of hydrogen-bond donors (Lipinski definition) is 0. The first-order valence-electron chi connectivity index (χ1n) is 3.43. The zero-order chi connectivity index (χ0) is 8.48. The Bertz CT molecular complexity index is 166. The van der Waals surface area contributed by atoms with E-state index in [1.54, 1.807) is 6.92 Å². The van der Waals surface area contributed by atoms with Gasteiger partial charge in [-0.05, 0) is 6.92 Å². The predicted octanol–water partition coefficient (Wildman–Crippen LogP) is 0.620. The lowest BCUT2D eigenvalue weighted by molar-refractivity contribution is -0.772. The van der Waals surface area contributed by atoms with Crippen LogP contribution >= 0.6 is 0 Å². The van der Waals surface area contributed by atoms with Gasteiger partial charge >= 0.3 is 0 Å². The summed E-state index contributed by atoms with van der Waals surface area (Å²) in [5.41, 5.74) is -0.174. The summed E-state index contributed by atoms with van der Waals surface area (Å²) in [7, 11) is 0. The normalized spacial score (nSPS) is 23.5. The molecule has 64 valence electrons. The first-order chi connectivity index (χ1) is 5.04. The Hall–Kier alpha value is -0.840. The van der Waals surface area contributed by atoms with Crippen molar-refractivity contribution in [3.8, 4) is 0 Å². The minimum absolute atomic E-state index is 0.174. The molecule has 0 aliphatic carbocycles. The predicted molar refractivity (Wildman–Crippen MR) is 36.5 cm³/mol. The second kappa shape index (κ2) is 2.65. The summed E-state index contributed by atoms with van der Waals surface area (Å²) in [4.78, 5) is 14.3. The lowest BCUT2D eigenvalue weighted by atomic mass is 9.83. The second-order valence-electron chi connectivity index (χ2n) is 3.12. The van der Waals surface area contributed by atoms with Crippen LogP contribution in [0.2, 0.25) is 0 Å². The fraction of sp³-hybridized carbons (Fsp3) is 1.00. The fourth-order valence-electron chi connectivity index (χ4n) is 0.915. The maximum absolute atomic E-state index is 9.94. The molecule has 5 nitrogen and oxygen atoms in total. The summed E-state index contributed by atoms with van der Waals surface area (Å²) in [5.74, 6) is 0. The zero-order valence-electron chi connectivity index (χ0n) is 6.57. The average Bonchev–Trinajstić information content (AvgIpc) is 1.81. The molecule has 0 amide bonds. The van der Waals surface area contributed by atoms with Crippen LogP contribution in [0.15, 0.2) is 0 Å². The highest BCUT2D eigenvalue weighted by molar-refractivity contribution is 4.85. The van der Waals surface area contributed by atoms with E-state index in [2.05, 4.69) is 4.84 Å². The van der Waals surface area contributed by atoms with Gasteiger partial charge in [0, 0.05) is 5.41 Å². The van der Waals surface area contributed by atoms with E-state index in [4.69, 9.17) is 4.74 Å². The molecule has 0 aromatic heterocycles. The van der Waals surface area contributed by atoms with E-state index in [-0.39, 0.29) is 11.5 Å². The first-order valence-corrected chi connectivity index (χ1v) is 3.43. The van der Waals surface area contributed by atoms with E-state index in [1.165, 1.54) is 0 Å². The van der Waals surface area contributed by atoms with E-state index in [1.807, 2.05) is 6.92 Å². The van der Waals surface area contributed by atoms with Crippen LogP contribution < -0.4 is 0 Å². The van der Waals surface area contributed by atoms with Gasteiger partial charge < -0.3 is 9.57 Å². The Labute approximate surface area is 64.4 Å². The van der Waals surface area contributed by atoms with Crippen LogP contribution in [0.25, 0.3) is 0 Å². The molecule has 0 bridgehead atoms. The Morgan fingerprint density at radius 1 is 1.73 bits per heavy atom. The lowest BCUT2D eigenvalue weighted by Gasteiger charge is -2.41. The van der Waals surface area contributed by atoms with E-state index in [0.717, 1.165) is 0 Å². The van der Waals surface area contributed by atoms with E-state index >= 15 is 0 Å². The Kier molecular flexibility index (Phi) is 1.99. The van der Waals surface area contributed by atoms with Crippen molar-refractivity contribution in [2.75, 3.05) is 13.2 Å². The Morgan fingerprint density at radius 3 is 2.55 bits per heavy atom. The Balaban J connectivity index is 2.40. The lowest BCUT2D eigenvalue weighted by Crippen LogP contribution is -2.49. The highest BCUT2D eigenvalue weighted by atomic mass is 17.0. The summed E-state index contributed by atoms with van der Waals surface area (Å²) in [5, 5.41) is 9.18. The molecule has 0 radical (unpaired) electrons. The third-order valence-corrected chi connectivity index (χ3v) is 2.09. The summed E-state index contributed by atoms with van der Waals surface area (Å²) < 4.78 is 4.94. The molecule has 1 saturated heterocycles. The Morgan fingerprint density at radius 2 is 2.27 bits per heavy atom. The topological polar surface area (TPSA) is 61.6 Å². The van der Waals surface area contributed by atoms with Gasteiger partial charge in [0.1, 0.15) is 6.10 Å². The minimum Gasteiger partial charge on any atom is -0.380 e. The number of hydrogen-bond acceptors (Lipinski definition) is 4. The summed E-state index contributed by atoms with van der Waals surface area (Å²) >= 11 is 0. The molecule has 0 N–H and O–H groups in total. The van der Waals surface area contributed by atoms with Crippen LogP contribution in [0, 0.1) is 15.5 Å². The molecule has 1 atom stereocenters. The van der Waals surface area contributed by atoms with Gasteiger partial charge in [0.2, 0.25) is 0 Å². The molecule has 0 aromatic carbocycles. The third kappa shape index (κ3) is 1.59. The number of ether oxygens (including phenoxy) is 1. The molecule has 5 heteroatoms. The quantitative estimate of drug-likeness (QED) is 0.449. The highest BCUT2D eigenvalue weighted by Gasteiger charge is 2.40. The molecule has 0 spiro atoms. The maximum Gasteiger partial charge on any atom is 0.294 e. The van der Waals surface area contributed by atoms with Crippen LogP contribution in [0.1, 0.15) is 13.8 Å². The molecule has 1 heterocycles. The van der Waals surface area contributed by atoms with Gasteiger partial charge in [-0.15, -0.1) is 10.1 Å². The van der Waals surface area contributed by atoms with Gasteiger partial charge in [-0.2, -0.15) is 0 Å². The summed E-state index contributed by atoms with van der Waals surface area (Å²) in [6.45, 7) is 4.68. The van der Waals surface area contributed by atoms with Crippen molar-refractivity contribution in [1.82, 2.24) is 0 Å². The van der Waals surface area contributed by atoms with Crippen molar-refractivity contribution >= 4 is 0 Å². The molecule has 1 rings (SSSR count). The van der Waals surface area contributed by atoms with Crippen molar-refractivity contribution in [1.29, 1.82) is 0 Å².